The maximum Gasteiger partial charge on any atom is 0.357 e. The number of nitrogens with one attached hydrogen (secondary N) is 3. The smallest absolute Gasteiger partial charge is 0.357 e. The van der Waals surface area contributed by atoms with E-state index < -0.39 is 0 Å². The average Bonchev–Trinajstić information content (AvgIpc) is 2.67. The Balaban J connectivity index is 1.60. The van der Waals surface area contributed by atoms with Crippen LogP contribution in [-0.4, -0.2) is 41.3 Å². The fraction of sp³-hybridized carbons (Fsp3) is 0.421. The van der Waals surface area contributed by atoms with Gasteiger partial charge in [0.25, 0.3) is 4.92 Å². The van der Waals surface area contributed by atoms with Crippen molar-refractivity contribution >= 4 is 28.8 Å². The monoisotopic (exact) mass is 390 g/mol. The van der Waals surface area contributed by atoms with E-state index in [0.29, 0.717) is 24.0 Å². The zero-order chi connectivity index (χ0) is 19.1. The van der Waals surface area contributed by atoms with Crippen LogP contribution in [0.3, 0.4) is 0 Å². The fourth-order valence-electron chi connectivity index (χ4n) is 3.21. The third-order valence-electron chi connectivity index (χ3n) is 4.74. The number of aromatic nitrogens is 1. The highest BCUT2D eigenvalue weighted by molar-refractivity contribution is 6.30. The van der Waals surface area contributed by atoms with E-state index >= 15 is 0 Å². The van der Waals surface area contributed by atoms with E-state index in [2.05, 4.69) is 20.9 Å². The minimum absolute atomic E-state index is 0.115. The molecule has 0 amide bonds. The first-order valence-corrected chi connectivity index (χ1v) is 9.58. The Bertz CT molecular complexity index is 780. The molecular weight excluding hydrogens is 366 g/mol. The van der Waals surface area contributed by atoms with Crippen LogP contribution in [0, 0.1) is 10.8 Å². The van der Waals surface area contributed by atoms with Crippen LogP contribution >= 0.6 is 11.6 Å². The summed E-state index contributed by atoms with van der Waals surface area (Å²) >= 11 is 6.00. The Morgan fingerprint density at radius 1 is 1.26 bits per heavy atom. The van der Waals surface area contributed by atoms with Crippen LogP contribution in [-0.2, 0) is 6.42 Å². The van der Waals surface area contributed by atoms with Gasteiger partial charge in [0.2, 0.25) is 0 Å². The molecule has 2 aromatic rings. The van der Waals surface area contributed by atoms with Crippen molar-refractivity contribution in [2.75, 3.05) is 36.8 Å². The molecule has 0 spiro atoms. The quantitative estimate of drug-likeness (QED) is 0.515. The van der Waals surface area contributed by atoms with Crippen LogP contribution in [0.1, 0.15) is 18.4 Å². The predicted molar refractivity (Wildman–Crippen MR) is 107 cm³/mol. The van der Waals surface area contributed by atoms with Gasteiger partial charge < -0.3 is 16.0 Å². The van der Waals surface area contributed by atoms with E-state index in [4.69, 9.17) is 11.6 Å². The van der Waals surface area contributed by atoms with Crippen molar-refractivity contribution in [3.05, 3.63) is 52.0 Å². The summed E-state index contributed by atoms with van der Waals surface area (Å²) in [5, 5.41) is 19.9. The van der Waals surface area contributed by atoms with Crippen LogP contribution in [0.25, 0.3) is 0 Å². The molecule has 0 aliphatic carbocycles. The van der Waals surface area contributed by atoms with Gasteiger partial charge in [0.1, 0.15) is 17.7 Å². The summed E-state index contributed by atoms with van der Waals surface area (Å²) in [5.74, 6) is 1.20. The van der Waals surface area contributed by atoms with Crippen LogP contribution in [0.5, 0.6) is 0 Å². The van der Waals surface area contributed by atoms with E-state index in [1.54, 1.807) is 6.07 Å². The van der Waals surface area contributed by atoms with Gasteiger partial charge in [-0.2, -0.15) is 0 Å². The lowest BCUT2D eigenvalue weighted by Gasteiger charge is -2.23. The average molecular weight is 391 g/mol. The maximum atomic E-state index is 11.4. The first-order valence-electron chi connectivity index (χ1n) is 9.21. The van der Waals surface area contributed by atoms with Gasteiger partial charge in [0.05, 0.1) is 4.91 Å². The van der Waals surface area contributed by atoms with Gasteiger partial charge in [-0.1, -0.05) is 23.7 Å². The molecule has 7 nitrogen and oxygen atoms in total. The summed E-state index contributed by atoms with van der Waals surface area (Å²) in [5.41, 5.74) is 1.83. The van der Waals surface area contributed by atoms with Gasteiger partial charge in [-0.25, -0.2) is 10.2 Å². The predicted octanol–water partition coefficient (Wildman–Crippen LogP) is 3.60. The van der Waals surface area contributed by atoms with E-state index in [1.807, 2.05) is 24.3 Å². The van der Waals surface area contributed by atoms with Gasteiger partial charge in [-0.15, -0.1) is 0 Å². The van der Waals surface area contributed by atoms with Gasteiger partial charge >= 0.3 is 5.69 Å². The highest BCUT2D eigenvalue weighted by atomic mass is 35.5. The number of anilines is 2. The van der Waals surface area contributed by atoms with Crippen molar-refractivity contribution in [1.29, 1.82) is 0 Å². The van der Waals surface area contributed by atoms with Crippen molar-refractivity contribution in [2.45, 2.75) is 19.3 Å². The molecule has 1 aromatic heterocycles. The molecule has 3 rings (SSSR count). The molecule has 1 aromatic carbocycles. The van der Waals surface area contributed by atoms with Crippen LogP contribution in [0.4, 0.5) is 17.2 Å². The Labute approximate surface area is 163 Å². The minimum Gasteiger partial charge on any atom is -0.379 e. The van der Waals surface area contributed by atoms with Crippen molar-refractivity contribution < 1.29 is 10.1 Å². The van der Waals surface area contributed by atoms with Crippen LogP contribution in [0.15, 0.2) is 36.5 Å². The topological polar surface area (TPSA) is 89.3 Å². The van der Waals surface area contributed by atoms with Gasteiger partial charge in [-0.3, -0.25) is 0 Å². The molecule has 4 N–H and O–H groups in total. The van der Waals surface area contributed by atoms with Crippen molar-refractivity contribution in [1.82, 2.24) is 10.3 Å². The highest BCUT2D eigenvalue weighted by Gasteiger charge is 2.21. The molecule has 0 saturated carbocycles. The zero-order valence-corrected chi connectivity index (χ0v) is 15.9. The zero-order valence-electron chi connectivity index (χ0n) is 15.1. The third-order valence-corrected chi connectivity index (χ3v) is 4.97. The molecular formula is C19H25ClN5O2+. The van der Waals surface area contributed by atoms with E-state index in [1.165, 1.54) is 6.20 Å². The number of halogens is 1. The number of nitrogens with zero attached hydrogens (tertiary/aromatic N) is 2. The second-order valence-electron chi connectivity index (χ2n) is 6.74. The second-order valence-corrected chi connectivity index (χ2v) is 7.18. The molecule has 2 heterocycles. The molecule has 0 unspecified atom stereocenters. The summed E-state index contributed by atoms with van der Waals surface area (Å²) < 4.78 is 0. The maximum absolute atomic E-state index is 11.4. The van der Waals surface area contributed by atoms with Crippen LogP contribution < -0.4 is 16.0 Å². The van der Waals surface area contributed by atoms with Gasteiger partial charge in [0, 0.05) is 24.2 Å². The first-order chi connectivity index (χ1) is 13.1. The molecule has 27 heavy (non-hydrogen) atoms. The molecule has 1 aliphatic rings. The Kier molecular flexibility index (Phi) is 6.84. The molecule has 1 aliphatic heterocycles. The lowest BCUT2D eigenvalue weighted by atomic mass is 9.98. The number of benzene rings is 1. The number of rotatable bonds is 8. The highest BCUT2D eigenvalue weighted by Crippen LogP contribution is 2.26. The van der Waals surface area contributed by atoms with Crippen molar-refractivity contribution in [3.8, 4) is 0 Å². The number of pyridine rings is 1. The summed E-state index contributed by atoms with van der Waals surface area (Å²) in [7, 11) is 0. The molecule has 1 fully saturated rings. The van der Waals surface area contributed by atoms with Gasteiger partial charge in [0.15, 0.2) is 0 Å². The van der Waals surface area contributed by atoms with E-state index in [0.717, 1.165) is 49.5 Å². The third kappa shape index (κ3) is 5.80. The molecule has 144 valence electrons. The fourth-order valence-corrected chi connectivity index (χ4v) is 3.42. The Hall–Kier alpha value is -2.38. The number of hydrogen-bond donors (Lipinski definition) is 4. The van der Waals surface area contributed by atoms with Crippen LogP contribution in [0.2, 0.25) is 5.02 Å². The summed E-state index contributed by atoms with van der Waals surface area (Å²) in [4.78, 5) is 15.5. The SMILES string of the molecule is O=[N+](O)c1cnc(NCCc2cccc(Cl)c2)cc1NCC1CCNCC1. The van der Waals surface area contributed by atoms with Crippen molar-refractivity contribution in [2.24, 2.45) is 5.92 Å². The Morgan fingerprint density at radius 3 is 2.81 bits per heavy atom. The lowest BCUT2D eigenvalue weighted by Crippen LogP contribution is -2.31. The number of piperidine rings is 1. The molecule has 0 radical (unpaired) electrons. The Morgan fingerprint density at radius 2 is 2.07 bits per heavy atom. The molecule has 1 saturated heterocycles. The molecule has 0 atom stereocenters. The normalized spacial score (nSPS) is 14.7. The minimum atomic E-state index is -0.145. The standard InChI is InChI=1S/C19H25ClN5O2/c20-16-3-1-2-14(10-16)6-9-22-19-11-17(18(13-24-19)25(26)27)23-12-15-4-7-21-8-5-15/h1-3,10-11,13,15,21H,4-9,12H2,(H,26,27)(H2,22,23,24)/q+1. The number of hydrogen-bond acceptors (Lipinski definition) is 5. The first kappa shape index (κ1) is 19.4. The summed E-state index contributed by atoms with van der Waals surface area (Å²) in [6, 6.07) is 9.50. The summed E-state index contributed by atoms with van der Waals surface area (Å²) in [6.07, 6.45) is 4.37. The second kappa shape index (κ2) is 9.53. The van der Waals surface area contributed by atoms with E-state index in [9.17, 15) is 10.1 Å². The molecule has 8 heteroatoms. The van der Waals surface area contributed by atoms with Crippen molar-refractivity contribution in [3.63, 3.8) is 0 Å². The lowest BCUT2D eigenvalue weighted by molar-refractivity contribution is -0.729. The molecule has 0 bridgehead atoms. The largest absolute Gasteiger partial charge is 0.379 e. The van der Waals surface area contributed by atoms with Gasteiger partial charge in [-0.05, 0) is 56.0 Å². The van der Waals surface area contributed by atoms with E-state index in [-0.39, 0.29) is 10.6 Å². The summed E-state index contributed by atoms with van der Waals surface area (Å²) in [6.45, 7) is 3.47.